The summed E-state index contributed by atoms with van der Waals surface area (Å²) in [6.45, 7) is 3.44. The van der Waals surface area contributed by atoms with Gasteiger partial charge in [-0.2, -0.15) is 4.98 Å². The first kappa shape index (κ1) is 20.0. The Bertz CT molecular complexity index is 1280. The van der Waals surface area contributed by atoms with Gasteiger partial charge in [0.2, 0.25) is 23.6 Å². The van der Waals surface area contributed by atoms with Crippen LogP contribution in [0.4, 0.5) is 17.3 Å². The third-order valence-corrected chi connectivity index (χ3v) is 5.09. The molecule has 0 aliphatic heterocycles. The lowest BCUT2D eigenvalue weighted by atomic mass is 10.2. The predicted molar refractivity (Wildman–Crippen MR) is 121 cm³/mol. The summed E-state index contributed by atoms with van der Waals surface area (Å²) in [5.74, 6) is 0.415. The molecular formula is C22H17N5O3S. The first-order valence-electron chi connectivity index (χ1n) is 9.15. The molecule has 0 saturated heterocycles. The molecule has 0 radical (unpaired) electrons. The van der Waals surface area contributed by atoms with Gasteiger partial charge < -0.3 is 21.1 Å². The van der Waals surface area contributed by atoms with E-state index in [2.05, 4.69) is 27.2 Å². The standard InChI is InChI=1S/C22H17N5O3S/c1-2-18(28)24-15-4-3-5-16(12-15)30-21-19-17(10-11-31-19)26-22(27-21)25-14-8-6-13(7-9-14)20(23)29/h2-12H,1H2,(H2,23,29)(H,24,28)(H,25,26,27). The first-order valence-corrected chi connectivity index (χ1v) is 10.0. The Hall–Kier alpha value is -4.24. The van der Waals surface area contributed by atoms with Crippen molar-refractivity contribution >= 4 is 50.7 Å². The van der Waals surface area contributed by atoms with Gasteiger partial charge in [0.25, 0.3) is 0 Å². The molecular weight excluding hydrogens is 414 g/mol. The number of carbonyl (C=O) groups is 2. The van der Waals surface area contributed by atoms with Crippen molar-refractivity contribution in [2.45, 2.75) is 0 Å². The van der Waals surface area contributed by atoms with Gasteiger partial charge in [0, 0.05) is 23.0 Å². The highest BCUT2D eigenvalue weighted by molar-refractivity contribution is 7.17. The summed E-state index contributed by atoms with van der Waals surface area (Å²) in [5, 5.41) is 7.70. The molecule has 0 saturated carbocycles. The van der Waals surface area contributed by atoms with Crippen LogP contribution in [-0.2, 0) is 4.79 Å². The van der Waals surface area contributed by atoms with Gasteiger partial charge in [-0.25, -0.2) is 4.98 Å². The summed E-state index contributed by atoms with van der Waals surface area (Å²) < 4.78 is 6.80. The van der Waals surface area contributed by atoms with E-state index in [0.717, 1.165) is 10.2 Å². The number of anilines is 3. The topological polar surface area (TPSA) is 119 Å². The zero-order valence-corrected chi connectivity index (χ0v) is 17.0. The number of primary amides is 1. The number of nitrogens with two attached hydrogens (primary N) is 1. The molecule has 0 unspecified atom stereocenters. The second-order valence-corrected chi connectivity index (χ2v) is 7.29. The van der Waals surface area contributed by atoms with E-state index >= 15 is 0 Å². The fourth-order valence-electron chi connectivity index (χ4n) is 2.75. The predicted octanol–water partition coefficient (Wildman–Crippen LogP) is 4.45. The van der Waals surface area contributed by atoms with Crippen molar-refractivity contribution in [3.63, 3.8) is 0 Å². The normalized spacial score (nSPS) is 10.5. The maximum Gasteiger partial charge on any atom is 0.248 e. The molecule has 154 valence electrons. The van der Waals surface area contributed by atoms with E-state index in [0.29, 0.717) is 34.5 Å². The molecule has 0 aliphatic carbocycles. The summed E-state index contributed by atoms with van der Waals surface area (Å²) in [5.41, 5.74) is 7.68. The van der Waals surface area contributed by atoms with E-state index in [-0.39, 0.29) is 5.91 Å². The van der Waals surface area contributed by atoms with Crippen molar-refractivity contribution in [3.8, 4) is 11.6 Å². The second kappa shape index (κ2) is 8.64. The van der Waals surface area contributed by atoms with Gasteiger partial charge in [-0.05, 0) is 53.9 Å². The largest absolute Gasteiger partial charge is 0.437 e. The second-order valence-electron chi connectivity index (χ2n) is 6.38. The number of hydrogen-bond acceptors (Lipinski definition) is 7. The number of carbonyl (C=O) groups excluding carboxylic acids is 2. The van der Waals surface area contributed by atoms with Gasteiger partial charge >= 0.3 is 0 Å². The molecule has 8 nitrogen and oxygen atoms in total. The van der Waals surface area contributed by atoms with Crippen LogP contribution in [0, 0.1) is 0 Å². The number of nitrogens with zero attached hydrogens (tertiary/aromatic N) is 2. The van der Waals surface area contributed by atoms with Crippen LogP contribution in [0.2, 0.25) is 0 Å². The Morgan fingerprint density at radius 1 is 1.06 bits per heavy atom. The molecule has 2 aromatic carbocycles. The molecule has 2 amide bonds. The Balaban J connectivity index is 1.62. The van der Waals surface area contributed by atoms with Crippen LogP contribution >= 0.6 is 11.3 Å². The number of amides is 2. The SMILES string of the molecule is C=CC(=O)Nc1cccc(Oc2nc(Nc3ccc(C(N)=O)cc3)nc3ccsc23)c1. The molecule has 0 fully saturated rings. The Morgan fingerprint density at radius 3 is 2.61 bits per heavy atom. The fraction of sp³-hybridized carbons (Fsp3) is 0. The number of nitrogens with one attached hydrogen (secondary N) is 2. The highest BCUT2D eigenvalue weighted by Gasteiger charge is 2.12. The summed E-state index contributed by atoms with van der Waals surface area (Å²) in [6, 6.07) is 15.5. The van der Waals surface area contributed by atoms with Crippen molar-refractivity contribution in [3.05, 3.63) is 78.2 Å². The number of hydrogen-bond donors (Lipinski definition) is 3. The zero-order chi connectivity index (χ0) is 21.8. The number of rotatable bonds is 7. The summed E-state index contributed by atoms with van der Waals surface area (Å²) >= 11 is 1.46. The lowest BCUT2D eigenvalue weighted by Gasteiger charge is -2.10. The molecule has 31 heavy (non-hydrogen) atoms. The lowest BCUT2D eigenvalue weighted by Crippen LogP contribution is -2.10. The molecule has 0 aliphatic rings. The van der Waals surface area contributed by atoms with E-state index in [9.17, 15) is 9.59 Å². The summed E-state index contributed by atoms with van der Waals surface area (Å²) in [6.07, 6.45) is 1.20. The van der Waals surface area contributed by atoms with Crippen LogP contribution in [0.25, 0.3) is 10.2 Å². The molecule has 9 heteroatoms. The van der Waals surface area contributed by atoms with Gasteiger partial charge in [-0.1, -0.05) is 12.6 Å². The molecule has 0 spiro atoms. The Kier molecular flexibility index (Phi) is 5.59. The Morgan fingerprint density at radius 2 is 1.87 bits per heavy atom. The van der Waals surface area contributed by atoms with Gasteiger partial charge in [-0.15, -0.1) is 11.3 Å². The van der Waals surface area contributed by atoms with Gasteiger partial charge in [0.15, 0.2) is 0 Å². The number of thiophene rings is 1. The number of aromatic nitrogens is 2. The van der Waals surface area contributed by atoms with Crippen molar-refractivity contribution in [2.24, 2.45) is 5.73 Å². The van der Waals surface area contributed by atoms with Crippen LogP contribution in [0.1, 0.15) is 10.4 Å². The zero-order valence-electron chi connectivity index (χ0n) is 16.2. The van der Waals surface area contributed by atoms with Gasteiger partial charge in [0.05, 0.1) is 5.52 Å². The molecule has 2 aromatic heterocycles. The fourth-order valence-corrected chi connectivity index (χ4v) is 3.51. The average molecular weight is 431 g/mol. The number of fused-ring (bicyclic) bond motifs is 1. The summed E-state index contributed by atoms with van der Waals surface area (Å²) in [4.78, 5) is 31.8. The molecule has 4 N–H and O–H groups in total. The maximum atomic E-state index is 11.5. The van der Waals surface area contributed by atoms with E-state index in [4.69, 9.17) is 10.5 Å². The lowest BCUT2D eigenvalue weighted by molar-refractivity contribution is -0.111. The number of benzene rings is 2. The van der Waals surface area contributed by atoms with Crippen LogP contribution in [0.15, 0.2) is 72.6 Å². The summed E-state index contributed by atoms with van der Waals surface area (Å²) in [7, 11) is 0. The molecule has 0 bridgehead atoms. The molecule has 0 atom stereocenters. The number of ether oxygens (including phenoxy) is 1. The van der Waals surface area contributed by atoms with Gasteiger partial charge in [0.1, 0.15) is 10.4 Å². The smallest absolute Gasteiger partial charge is 0.248 e. The monoisotopic (exact) mass is 431 g/mol. The van der Waals surface area contributed by atoms with Crippen molar-refractivity contribution in [2.75, 3.05) is 10.6 Å². The molecule has 2 heterocycles. The van der Waals surface area contributed by atoms with Crippen molar-refractivity contribution in [1.82, 2.24) is 9.97 Å². The van der Waals surface area contributed by atoms with Crippen LogP contribution in [0.5, 0.6) is 11.6 Å². The van der Waals surface area contributed by atoms with Crippen LogP contribution < -0.4 is 21.1 Å². The van der Waals surface area contributed by atoms with Crippen LogP contribution in [-0.4, -0.2) is 21.8 Å². The van der Waals surface area contributed by atoms with Gasteiger partial charge in [-0.3, -0.25) is 9.59 Å². The first-order chi connectivity index (χ1) is 15.0. The molecule has 4 rings (SSSR count). The van der Waals surface area contributed by atoms with Crippen LogP contribution in [0.3, 0.4) is 0 Å². The highest BCUT2D eigenvalue weighted by Crippen LogP contribution is 2.33. The third kappa shape index (κ3) is 4.68. The van der Waals surface area contributed by atoms with E-state index in [1.165, 1.54) is 17.4 Å². The minimum atomic E-state index is -0.496. The Labute approximate surface area is 181 Å². The van der Waals surface area contributed by atoms with E-state index < -0.39 is 5.91 Å². The average Bonchev–Trinajstić information content (AvgIpc) is 3.23. The molecule has 4 aromatic rings. The quantitative estimate of drug-likeness (QED) is 0.372. The van der Waals surface area contributed by atoms with E-state index in [1.54, 1.807) is 48.5 Å². The van der Waals surface area contributed by atoms with E-state index in [1.807, 2.05) is 11.4 Å². The highest BCUT2D eigenvalue weighted by atomic mass is 32.1. The minimum Gasteiger partial charge on any atom is -0.437 e. The third-order valence-electron chi connectivity index (χ3n) is 4.20. The minimum absolute atomic E-state index is 0.311. The maximum absolute atomic E-state index is 11.5. The van der Waals surface area contributed by atoms with Crippen molar-refractivity contribution in [1.29, 1.82) is 0 Å². The van der Waals surface area contributed by atoms with Crippen molar-refractivity contribution < 1.29 is 14.3 Å².